The lowest BCUT2D eigenvalue weighted by molar-refractivity contribution is 0.103. The Morgan fingerprint density at radius 1 is 1.16 bits per heavy atom. The second-order valence-electron chi connectivity index (χ2n) is 4.12. The van der Waals surface area contributed by atoms with Crippen molar-refractivity contribution < 1.29 is 13.6 Å². The molecule has 0 radical (unpaired) electrons. The van der Waals surface area contributed by atoms with Crippen LogP contribution in [0, 0.1) is 18.6 Å². The number of nitrogen functional groups attached to an aromatic ring is 1. The summed E-state index contributed by atoms with van der Waals surface area (Å²) in [5.74, 6) is -2.14. The highest BCUT2D eigenvalue weighted by atomic mass is 35.5. The number of anilines is 1. The van der Waals surface area contributed by atoms with E-state index in [1.165, 1.54) is 25.1 Å². The largest absolute Gasteiger partial charge is 0.398 e. The van der Waals surface area contributed by atoms with Crippen LogP contribution in [0.1, 0.15) is 21.5 Å². The number of carbonyl (C=O) groups excluding carboxylic acids is 1. The van der Waals surface area contributed by atoms with E-state index in [0.29, 0.717) is 0 Å². The molecule has 0 saturated heterocycles. The highest BCUT2D eigenvalue weighted by molar-refractivity contribution is 6.37. The van der Waals surface area contributed by atoms with E-state index in [0.717, 1.165) is 12.1 Å². The predicted octanol–water partition coefficient (Wildman–Crippen LogP) is 3.74. The number of aryl methyl sites for hydroxylation is 1. The molecule has 0 heterocycles. The zero-order valence-corrected chi connectivity index (χ0v) is 10.8. The molecule has 2 rings (SSSR count). The van der Waals surface area contributed by atoms with Gasteiger partial charge in [0.05, 0.1) is 16.3 Å². The number of halogens is 3. The summed E-state index contributed by atoms with van der Waals surface area (Å²) in [6, 6.07) is 6.30. The van der Waals surface area contributed by atoms with Gasteiger partial charge in [-0.15, -0.1) is 0 Å². The van der Waals surface area contributed by atoms with Gasteiger partial charge in [0.2, 0.25) is 0 Å². The lowest BCUT2D eigenvalue weighted by atomic mass is 10.0. The number of carbonyl (C=O) groups is 1. The molecule has 2 nitrogen and oxygen atoms in total. The maximum absolute atomic E-state index is 13.7. The zero-order valence-electron chi connectivity index (χ0n) is 10.0. The molecule has 0 bridgehead atoms. The number of hydrogen-bond donors (Lipinski definition) is 1. The van der Waals surface area contributed by atoms with E-state index in [1.54, 1.807) is 0 Å². The Kier molecular flexibility index (Phi) is 3.53. The molecule has 0 saturated carbocycles. The second-order valence-corrected chi connectivity index (χ2v) is 4.50. The summed E-state index contributed by atoms with van der Waals surface area (Å²) in [5, 5.41) is 0.0351. The zero-order chi connectivity index (χ0) is 14.2. The van der Waals surface area contributed by atoms with Crippen LogP contribution >= 0.6 is 11.6 Å². The Hall–Kier alpha value is -1.94. The smallest absolute Gasteiger partial charge is 0.197 e. The second kappa shape index (κ2) is 4.97. The Morgan fingerprint density at radius 2 is 1.84 bits per heavy atom. The molecule has 0 aliphatic heterocycles. The number of hydrogen-bond acceptors (Lipinski definition) is 2. The van der Waals surface area contributed by atoms with Crippen LogP contribution in [-0.2, 0) is 0 Å². The van der Waals surface area contributed by atoms with Crippen molar-refractivity contribution in [3.8, 4) is 0 Å². The van der Waals surface area contributed by atoms with Gasteiger partial charge < -0.3 is 5.73 Å². The van der Waals surface area contributed by atoms with Gasteiger partial charge in [-0.05, 0) is 36.8 Å². The quantitative estimate of drug-likeness (QED) is 0.673. The lowest BCUT2D eigenvalue weighted by Crippen LogP contribution is -2.07. The fourth-order valence-corrected chi connectivity index (χ4v) is 1.90. The Bertz CT molecular complexity index is 671. The maximum Gasteiger partial charge on any atom is 0.197 e. The molecule has 0 aliphatic carbocycles. The maximum atomic E-state index is 13.7. The van der Waals surface area contributed by atoms with Crippen molar-refractivity contribution >= 4 is 23.1 Å². The highest BCUT2D eigenvalue weighted by Gasteiger charge is 2.19. The summed E-state index contributed by atoms with van der Waals surface area (Å²) < 4.78 is 27.2. The van der Waals surface area contributed by atoms with Crippen LogP contribution in [0.15, 0.2) is 30.3 Å². The van der Waals surface area contributed by atoms with Crippen molar-refractivity contribution in [3.05, 3.63) is 63.7 Å². The third-order valence-electron chi connectivity index (χ3n) is 2.77. The van der Waals surface area contributed by atoms with Crippen LogP contribution in [0.2, 0.25) is 5.02 Å². The first kappa shape index (κ1) is 13.5. The molecule has 0 fully saturated rings. The first-order chi connectivity index (χ1) is 8.91. The standard InChI is InChI=1S/C14H10ClF2NO/c1-7-5-11(17)9(6-10(7)16)14(19)8-3-2-4-12(18)13(8)15/h2-6H,18H2,1H3. The number of ketones is 1. The molecular formula is C14H10ClF2NO. The van der Waals surface area contributed by atoms with Gasteiger partial charge in [0.1, 0.15) is 11.6 Å². The first-order valence-corrected chi connectivity index (χ1v) is 5.84. The van der Waals surface area contributed by atoms with E-state index in [4.69, 9.17) is 17.3 Å². The van der Waals surface area contributed by atoms with Crippen molar-refractivity contribution in [2.24, 2.45) is 0 Å². The summed E-state index contributed by atoms with van der Waals surface area (Å²) >= 11 is 5.90. The third kappa shape index (κ3) is 2.44. The summed E-state index contributed by atoms with van der Waals surface area (Å²) in [7, 11) is 0. The Balaban J connectivity index is 2.56. The minimum absolute atomic E-state index is 0.0351. The van der Waals surface area contributed by atoms with Crippen LogP contribution in [0.4, 0.5) is 14.5 Å². The van der Waals surface area contributed by atoms with E-state index in [-0.39, 0.29) is 27.4 Å². The van der Waals surface area contributed by atoms with Crippen LogP contribution in [0.25, 0.3) is 0 Å². The molecule has 0 aromatic heterocycles. The minimum Gasteiger partial charge on any atom is -0.398 e. The number of benzene rings is 2. The van der Waals surface area contributed by atoms with E-state index in [1.807, 2.05) is 0 Å². The van der Waals surface area contributed by atoms with Gasteiger partial charge in [-0.2, -0.15) is 0 Å². The average Bonchev–Trinajstić information content (AvgIpc) is 2.36. The van der Waals surface area contributed by atoms with Crippen molar-refractivity contribution in [2.75, 3.05) is 5.73 Å². The Morgan fingerprint density at radius 3 is 2.53 bits per heavy atom. The van der Waals surface area contributed by atoms with Gasteiger partial charge in [-0.25, -0.2) is 8.78 Å². The molecule has 5 heteroatoms. The SMILES string of the molecule is Cc1cc(F)c(C(=O)c2cccc(N)c2Cl)cc1F. The van der Waals surface area contributed by atoms with Crippen LogP contribution < -0.4 is 5.73 Å². The van der Waals surface area contributed by atoms with Crippen molar-refractivity contribution in [3.63, 3.8) is 0 Å². The number of rotatable bonds is 2. The topological polar surface area (TPSA) is 43.1 Å². The normalized spacial score (nSPS) is 10.5. The summed E-state index contributed by atoms with van der Waals surface area (Å²) in [5.41, 5.74) is 5.60. The van der Waals surface area contributed by atoms with E-state index in [2.05, 4.69) is 0 Å². The van der Waals surface area contributed by atoms with Gasteiger partial charge in [-0.3, -0.25) is 4.79 Å². The van der Waals surface area contributed by atoms with Crippen LogP contribution in [0.3, 0.4) is 0 Å². The van der Waals surface area contributed by atoms with Gasteiger partial charge in [0.15, 0.2) is 5.78 Å². The fraction of sp³-hybridized carbons (Fsp3) is 0.0714. The Labute approximate surface area is 113 Å². The summed E-state index contributed by atoms with van der Waals surface area (Å²) in [4.78, 5) is 12.2. The van der Waals surface area contributed by atoms with Gasteiger partial charge >= 0.3 is 0 Å². The monoisotopic (exact) mass is 281 g/mol. The van der Waals surface area contributed by atoms with Gasteiger partial charge in [0.25, 0.3) is 0 Å². The highest BCUT2D eigenvalue weighted by Crippen LogP contribution is 2.26. The van der Waals surface area contributed by atoms with Crippen LogP contribution in [0.5, 0.6) is 0 Å². The molecule has 0 atom stereocenters. The molecule has 98 valence electrons. The van der Waals surface area contributed by atoms with Gasteiger partial charge in [0, 0.05) is 5.56 Å². The molecule has 2 aromatic rings. The molecule has 0 amide bonds. The molecule has 0 spiro atoms. The van der Waals surface area contributed by atoms with Gasteiger partial charge in [-0.1, -0.05) is 17.7 Å². The molecule has 0 aliphatic rings. The fourth-order valence-electron chi connectivity index (χ4n) is 1.69. The molecule has 19 heavy (non-hydrogen) atoms. The molecular weight excluding hydrogens is 272 g/mol. The molecule has 2 aromatic carbocycles. The summed E-state index contributed by atoms with van der Waals surface area (Å²) in [6.45, 7) is 1.42. The lowest BCUT2D eigenvalue weighted by Gasteiger charge is -2.08. The van der Waals surface area contributed by atoms with Crippen molar-refractivity contribution in [1.82, 2.24) is 0 Å². The van der Waals surface area contributed by atoms with Crippen molar-refractivity contribution in [1.29, 1.82) is 0 Å². The predicted molar refractivity (Wildman–Crippen MR) is 70.4 cm³/mol. The van der Waals surface area contributed by atoms with E-state index in [9.17, 15) is 13.6 Å². The van der Waals surface area contributed by atoms with Crippen LogP contribution in [-0.4, -0.2) is 5.78 Å². The van der Waals surface area contributed by atoms with Crippen molar-refractivity contribution in [2.45, 2.75) is 6.92 Å². The number of nitrogens with two attached hydrogens (primary N) is 1. The van der Waals surface area contributed by atoms with E-state index < -0.39 is 17.4 Å². The molecule has 2 N–H and O–H groups in total. The summed E-state index contributed by atoms with van der Waals surface area (Å²) in [6.07, 6.45) is 0. The molecule has 0 unspecified atom stereocenters. The van der Waals surface area contributed by atoms with E-state index >= 15 is 0 Å². The first-order valence-electron chi connectivity index (χ1n) is 5.46. The minimum atomic E-state index is -0.789. The average molecular weight is 282 g/mol. The third-order valence-corrected chi connectivity index (χ3v) is 3.19.